The van der Waals surface area contributed by atoms with E-state index in [4.69, 9.17) is 15.2 Å². The van der Waals surface area contributed by atoms with Gasteiger partial charge in [0.15, 0.2) is 0 Å². The first-order chi connectivity index (χ1) is 9.11. The molecule has 0 amide bonds. The Balaban J connectivity index is 2.19. The van der Waals surface area contributed by atoms with Crippen LogP contribution in [0.15, 0.2) is 18.2 Å². The van der Waals surface area contributed by atoms with E-state index in [9.17, 15) is 0 Å². The molecule has 1 aromatic rings. The third-order valence-corrected chi connectivity index (χ3v) is 3.71. The van der Waals surface area contributed by atoms with Gasteiger partial charge in [-0.2, -0.15) is 0 Å². The van der Waals surface area contributed by atoms with Gasteiger partial charge in [0.05, 0.1) is 20.3 Å². The minimum atomic E-state index is 0.0479. The summed E-state index contributed by atoms with van der Waals surface area (Å²) >= 11 is 0. The van der Waals surface area contributed by atoms with Crippen molar-refractivity contribution in [2.24, 2.45) is 5.73 Å². The Morgan fingerprint density at radius 2 is 2.32 bits per heavy atom. The van der Waals surface area contributed by atoms with Gasteiger partial charge in [0.1, 0.15) is 5.75 Å². The molecule has 1 heterocycles. The normalized spacial score (nSPS) is 22.2. The smallest absolute Gasteiger partial charge is 0.123 e. The summed E-state index contributed by atoms with van der Waals surface area (Å²) in [6.45, 7) is 7.65. The van der Waals surface area contributed by atoms with Crippen molar-refractivity contribution in [2.75, 3.05) is 26.9 Å². The highest BCUT2D eigenvalue weighted by Crippen LogP contribution is 2.25. The Bertz CT molecular complexity index is 421. The van der Waals surface area contributed by atoms with E-state index in [0.717, 1.165) is 37.6 Å². The van der Waals surface area contributed by atoms with Crippen LogP contribution in [0.5, 0.6) is 5.75 Å². The SMILES string of the molecule is COc1ccc(C(C)N)cc1CN1CCOCC1C. The monoisotopic (exact) mass is 264 g/mol. The van der Waals surface area contributed by atoms with Gasteiger partial charge in [-0.15, -0.1) is 0 Å². The summed E-state index contributed by atoms with van der Waals surface area (Å²) in [6, 6.07) is 6.70. The lowest BCUT2D eigenvalue weighted by atomic mass is 10.0. The fraction of sp³-hybridized carbons (Fsp3) is 0.600. The molecule has 1 saturated heterocycles. The second kappa shape index (κ2) is 6.37. The van der Waals surface area contributed by atoms with E-state index in [0.29, 0.717) is 6.04 Å². The van der Waals surface area contributed by atoms with Gasteiger partial charge in [-0.3, -0.25) is 4.90 Å². The van der Waals surface area contributed by atoms with Gasteiger partial charge in [-0.25, -0.2) is 0 Å². The molecule has 4 nitrogen and oxygen atoms in total. The van der Waals surface area contributed by atoms with Crippen LogP contribution in [0, 0.1) is 0 Å². The van der Waals surface area contributed by atoms with Gasteiger partial charge >= 0.3 is 0 Å². The van der Waals surface area contributed by atoms with Crippen LogP contribution < -0.4 is 10.5 Å². The number of rotatable bonds is 4. The fourth-order valence-electron chi connectivity index (χ4n) is 2.42. The van der Waals surface area contributed by atoms with Crippen molar-refractivity contribution in [1.29, 1.82) is 0 Å². The second-order valence-electron chi connectivity index (χ2n) is 5.25. The van der Waals surface area contributed by atoms with Gasteiger partial charge in [-0.05, 0) is 31.5 Å². The quantitative estimate of drug-likeness (QED) is 0.903. The van der Waals surface area contributed by atoms with E-state index >= 15 is 0 Å². The number of hydrogen-bond acceptors (Lipinski definition) is 4. The lowest BCUT2D eigenvalue weighted by Gasteiger charge is -2.33. The first-order valence-corrected chi connectivity index (χ1v) is 6.86. The highest BCUT2D eigenvalue weighted by Gasteiger charge is 2.20. The molecule has 19 heavy (non-hydrogen) atoms. The number of ether oxygens (including phenoxy) is 2. The molecular formula is C15H24N2O2. The first-order valence-electron chi connectivity index (χ1n) is 6.86. The summed E-state index contributed by atoms with van der Waals surface area (Å²) < 4.78 is 10.9. The van der Waals surface area contributed by atoms with Crippen LogP contribution in [0.4, 0.5) is 0 Å². The molecule has 1 aliphatic heterocycles. The molecule has 2 unspecified atom stereocenters. The minimum absolute atomic E-state index is 0.0479. The zero-order valence-electron chi connectivity index (χ0n) is 12.1. The molecule has 0 aromatic heterocycles. The van der Waals surface area contributed by atoms with Crippen molar-refractivity contribution < 1.29 is 9.47 Å². The molecular weight excluding hydrogens is 240 g/mol. The van der Waals surface area contributed by atoms with Crippen molar-refractivity contribution in [1.82, 2.24) is 4.90 Å². The zero-order chi connectivity index (χ0) is 13.8. The number of methoxy groups -OCH3 is 1. The number of benzene rings is 1. The first kappa shape index (κ1) is 14.3. The molecule has 0 bridgehead atoms. The van der Waals surface area contributed by atoms with Gasteiger partial charge in [0.2, 0.25) is 0 Å². The van der Waals surface area contributed by atoms with Crippen molar-refractivity contribution >= 4 is 0 Å². The summed E-state index contributed by atoms with van der Waals surface area (Å²) in [4.78, 5) is 2.42. The maximum Gasteiger partial charge on any atom is 0.123 e. The molecule has 1 aromatic carbocycles. The molecule has 2 N–H and O–H groups in total. The van der Waals surface area contributed by atoms with E-state index in [2.05, 4.69) is 17.9 Å². The molecule has 0 radical (unpaired) electrons. The number of hydrogen-bond donors (Lipinski definition) is 1. The van der Waals surface area contributed by atoms with Crippen LogP contribution in [0.25, 0.3) is 0 Å². The summed E-state index contributed by atoms with van der Waals surface area (Å²) in [5.41, 5.74) is 8.31. The number of nitrogens with two attached hydrogens (primary N) is 1. The Morgan fingerprint density at radius 3 is 2.95 bits per heavy atom. The van der Waals surface area contributed by atoms with Gasteiger partial charge in [0, 0.05) is 30.7 Å². The van der Waals surface area contributed by atoms with Crippen molar-refractivity contribution in [3.63, 3.8) is 0 Å². The number of morpholine rings is 1. The van der Waals surface area contributed by atoms with Gasteiger partial charge in [0.25, 0.3) is 0 Å². The maximum absolute atomic E-state index is 5.96. The average molecular weight is 264 g/mol. The molecule has 0 spiro atoms. The van der Waals surface area contributed by atoms with Crippen molar-refractivity contribution in [2.45, 2.75) is 32.5 Å². The van der Waals surface area contributed by atoms with Crippen LogP contribution in [0.2, 0.25) is 0 Å². The third kappa shape index (κ3) is 3.47. The van der Waals surface area contributed by atoms with E-state index in [1.165, 1.54) is 5.56 Å². The molecule has 1 aliphatic rings. The number of nitrogens with zero attached hydrogens (tertiary/aromatic N) is 1. The Labute approximate surface area is 115 Å². The van der Waals surface area contributed by atoms with E-state index in [-0.39, 0.29) is 6.04 Å². The summed E-state index contributed by atoms with van der Waals surface area (Å²) in [6.07, 6.45) is 0. The fourth-order valence-corrected chi connectivity index (χ4v) is 2.42. The standard InChI is InChI=1S/C15H24N2O2/c1-11-10-19-7-6-17(11)9-14-8-13(12(2)16)4-5-15(14)18-3/h4-5,8,11-12H,6-7,9-10,16H2,1-3H3. The van der Waals surface area contributed by atoms with Crippen LogP contribution in [0.1, 0.15) is 31.0 Å². The van der Waals surface area contributed by atoms with E-state index in [1.54, 1.807) is 7.11 Å². The Morgan fingerprint density at radius 1 is 1.53 bits per heavy atom. The molecule has 0 saturated carbocycles. The molecule has 2 rings (SSSR count). The lowest BCUT2D eigenvalue weighted by Crippen LogP contribution is -2.43. The summed E-state index contributed by atoms with van der Waals surface area (Å²) in [7, 11) is 1.72. The summed E-state index contributed by atoms with van der Waals surface area (Å²) in [5.74, 6) is 0.933. The van der Waals surface area contributed by atoms with Gasteiger partial charge < -0.3 is 15.2 Å². The average Bonchev–Trinajstić information content (AvgIpc) is 2.41. The van der Waals surface area contributed by atoms with Gasteiger partial charge in [-0.1, -0.05) is 6.07 Å². The molecule has 2 atom stereocenters. The minimum Gasteiger partial charge on any atom is -0.496 e. The molecule has 0 aliphatic carbocycles. The highest BCUT2D eigenvalue weighted by atomic mass is 16.5. The highest BCUT2D eigenvalue weighted by molar-refractivity contribution is 5.38. The zero-order valence-corrected chi connectivity index (χ0v) is 12.1. The Kier molecular flexibility index (Phi) is 4.80. The molecule has 4 heteroatoms. The van der Waals surface area contributed by atoms with Crippen LogP contribution >= 0.6 is 0 Å². The van der Waals surface area contributed by atoms with Crippen LogP contribution in [-0.4, -0.2) is 37.8 Å². The van der Waals surface area contributed by atoms with E-state index < -0.39 is 0 Å². The van der Waals surface area contributed by atoms with Crippen LogP contribution in [0.3, 0.4) is 0 Å². The topological polar surface area (TPSA) is 47.7 Å². The van der Waals surface area contributed by atoms with Crippen molar-refractivity contribution in [3.05, 3.63) is 29.3 Å². The Hall–Kier alpha value is -1.10. The third-order valence-electron chi connectivity index (χ3n) is 3.71. The predicted molar refractivity (Wildman–Crippen MR) is 76.3 cm³/mol. The molecule has 1 fully saturated rings. The van der Waals surface area contributed by atoms with Crippen molar-refractivity contribution in [3.8, 4) is 5.75 Å². The molecule has 106 valence electrons. The second-order valence-corrected chi connectivity index (χ2v) is 5.25. The predicted octanol–water partition coefficient (Wildman–Crippen LogP) is 1.94. The van der Waals surface area contributed by atoms with E-state index in [1.807, 2.05) is 19.1 Å². The lowest BCUT2D eigenvalue weighted by molar-refractivity contribution is -0.00465. The summed E-state index contributed by atoms with van der Waals surface area (Å²) in [5, 5.41) is 0. The maximum atomic E-state index is 5.96. The van der Waals surface area contributed by atoms with Crippen LogP contribution in [-0.2, 0) is 11.3 Å². The largest absolute Gasteiger partial charge is 0.496 e.